The highest BCUT2D eigenvalue weighted by molar-refractivity contribution is 5.17. The van der Waals surface area contributed by atoms with Crippen LogP contribution in [0.25, 0.3) is 0 Å². The third kappa shape index (κ3) is 2.41. The van der Waals surface area contributed by atoms with E-state index in [1.54, 1.807) is 0 Å². The number of aliphatic hydroxyl groups is 1. The van der Waals surface area contributed by atoms with Gasteiger partial charge in [0.1, 0.15) is 0 Å². The van der Waals surface area contributed by atoms with Crippen LogP contribution in [0.5, 0.6) is 0 Å². The lowest BCUT2D eigenvalue weighted by atomic mass is 9.60. The topological polar surface area (TPSA) is 47.3 Å². The van der Waals surface area contributed by atoms with Crippen molar-refractivity contribution in [1.82, 2.24) is 4.90 Å². The predicted octanol–water partition coefficient (Wildman–Crippen LogP) is 2.80. The van der Waals surface area contributed by atoms with Crippen LogP contribution in [-0.2, 0) is 0 Å². The first-order chi connectivity index (χ1) is 8.83. The molecule has 0 amide bonds. The van der Waals surface area contributed by atoms with Gasteiger partial charge in [-0.25, -0.2) is 0 Å². The molecule has 0 bridgehead atoms. The maximum absolute atomic E-state index is 11.1. The summed E-state index contributed by atoms with van der Waals surface area (Å²) in [5.41, 5.74) is -1.32. The Labute approximate surface area is 117 Å². The summed E-state index contributed by atoms with van der Waals surface area (Å²) in [6.45, 7) is 7.32. The van der Waals surface area contributed by atoms with Gasteiger partial charge >= 0.3 is 0 Å². The Morgan fingerprint density at radius 1 is 1.32 bits per heavy atom. The summed E-state index contributed by atoms with van der Waals surface area (Å²) in [5.74, 6) is 1.41. The fraction of sp³-hybridized carbons (Fsp3) is 0.938. The van der Waals surface area contributed by atoms with Crippen LogP contribution in [0.4, 0.5) is 0 Å². The predicted molar refractivity (Wildman–Crippen MR) is 76.5 cm³/mol. The standard InChI is InChI=1S/C16H28N2O/c1-12(2)14-5-7-15(10-17,8-6-14)16(19)9-13(3)18(4)11-16/h12-14,19H,5-9,11H2,1-4H3. The van der Waals surface area contributed by atoms with Crippen molar-refractivity contribution in [3.63, 3.8) is 0 Å². The van der Waals surface area contributed by atoms with E-state index in [4.69, 9.17) is 0 Å². The van der Waals surface area contributed by atoms with Gasteiger partial charge in [0.25, 0.3) is 0 Å². The third-order valence-corrected chi connectivity index (χ3v) is 5.83. The highest BCUT2D eigenvalue weighted by atomic mass is 16.3. The molecule has 0 aromatic heterocycles. The summed E-state index contributed by atoms with van der Waals surface area (Å²) in [6.07, 6.45) is 4.65. The van der Waals surface area contributed by atoms with Crippen molar-refractivity contribution in [3.05, 3.63) is 0 Å². The summed E-state index contributed by atoms with van der Waals surface area (Å²) >= 11 is 0. The van der Waals surface area contributed by atoms with Gasteiger partial charge in [-0.3, -0.25) is 0 Å². The lowest BCUT2D eigenvalue weighted by Crippen LogP contribution is -2.51. The number of hydrogen-bond donors (Lipinski definition) is 1. The van der Waals surface area contributed by atoms with Crippen molar-refractivity contribution in [2.75, 3.05) is 13.6 Å². The third-order valence-electron chi connectivity index (χ3n) is 5.83. The number of likely N-dealkylation sites (N-methyl/N-ethyl adjacent to an activating group) is 1. The summed E-state index contributed by atoms with van der Waals surface area (Å²) in [4.78, 5) is 2.19. The lowest BCUT2D eigenvalue weighted by Gasteiger charge is -2.45. The zero-order chi connectivity index (χ0) is 14.3. The molecule has 1 aliphatic heterocycles. The van der Waals surface area contributed by atoms with Crippen LogP contribution in [0, 0.1) is 28.6 Å². The Morgan fingerprint density at radius 2 is 1.89 bits per heavy atom. The molecule has 2 aliphatic rings. The van der Waals surface area contributed by atoms with Gasteiger partial charge in [0.15, 0.2) is 0 Å². The zero-order valence-electron chi connectivity index (χ0n) is 12.8. The van der Waals surface area contributed by atoms with Gasteiger partial charge < -0.3 is 10.0 Å². The molecule has 1 aliphatic carbocycles. The minimum atomic E-state index is -0.808. The molecule has 2 unspecified atom stereocenters. The molecule has 108 valence electrons. The highest BCUT2D eigenvalue weighted by Gasteiger charge is 2.56. The zero-order valence-corrected chi connectivity index (χ0v) is 12.8. The first-order valence-corrected chi connectivity index (χ1v) is 7.67. The summed E-state index contributed by atoms with van der Waals surface area (Å²) < 4.78 is 0. The largest absolute Gasteiger partial charge is 0.387 e. The van der Waals surface area contributed by atoms with Gasteiger partial charge in [-0.15, -0.1) is 0 Å². The lowest BCUT2D eigenvalue weighted by molar-refractivity contribution is -0.0707. The number of nitriles is 1. The quantitative estimate of drug-likeness (QED) is 0.834. The molecular formula is C16H28N2O. The smallest absolute Gasteiger partial charge is 0.0974 e. The van der Waals surface area contributed by atoms with Crippen LogP contribution in [0.15, 0.2) is 0 Å². The molecule has 2 rings (SSSR count). The average molecular weight is 264 g/mol. The molecule has 0 aromatic carbocycles. The fourth-order valence-electron chi connectivity index (χ4n) is 4.11. The van der Waals surface area contributed by atoms with Crippen molar-refractivity contribution in [2.45, 2.75) is 64.5 Å². The van der Waals surface area contributed by atoms with Crippen molar-refractivity contribution < 1.29 is 5.11 Å². The van der Waals surface area contributed by atoms with E-state index in [0.29, 0.717) is 18.5 Å². The maximum Gasteiger partial charge on any atom is 0.0974 e. The molecular weight excluding hydrogens is 236 g/mol. The van der Waals surface area contributed by atoms with E-state index in [9.17, 15) is 10.4 Å². The van der Waals surface area contributed by atoms with Gasteiger partial charge in [-0.05, 0) is 57.9 Å². The van der Waals surface area contributed by atoms with Crippen molar-refractivity contribution in [2.24, 2.45) is 17.3 Å². The van der Waals surface area contributed by atoms with Crippen LogP contribution in [-0.4, -0.2) is 35.2 Å². The number of hydrogen-bond acceptors (Lipinski definition) is 3. The highest BCUT2D eigenvalue weighted by Crippen LogP contribution is 2.51. The average Bonchev–Trinajstić information content (AvgIpc) is 2.64. The van der Waals surface area contributed by atoms with Crippen molar-refractivity contribution in [3.8, 4) is 6.07 Å². The molecule has 2 fully saturated rings. The normalized spacial score (nSPS) is 44.5. The summed E-state index contributed by atoms with van der Waals surface area (Å²) in [6, 6.07) is 2.90. The SMILES string of the molecule is CC(C)C1CCC(C#N)(C2(O)CC(C)N(C)C2)CC1. The Balaban J connectivity index is 2.15. The number of rotatable bonds is 2. The van der Waals surface area contributed by atoms with E-state index in [-0.39, 0.29) is 0 Å². The Kier molecular flexibility index (Phi) is 3.95. The summed E-state index contributed by atoms with van der Waals surface area (Å²) in [5, 5.41) is 20.8. The van der Waals surface area contributed by atoms with Gasteiger partial charge in [-0.2, -0.15) is 5.26 Å². The molecule has 19 heavy (non-hydrogen) atoms. The second kappa shape index (κ2) is 5.07. The van der Waals surface area contributed by atoms with Gasteiger partial charge in [0.05, 0.1) is 17.1 Å². The Hall–Kier alpha value is -0.590. The van der Waals surface area contributed by atoms with Crippen LogP contribution in [0.2, 0.25) is 0 Å². The number of likely N-dealkylation sites (tertiary alicyclic amines) is 1. The van der Waals surface area contributed by atoms with E-state index in [2.05, 4.69) is 31.7 Å². The minimum absolute atomic E-state index is 0.373. The second-order valence-electron chi connectivity index (χ2n) is 7.28. The van der Waals surface area contributed by atoms with E-state index < -0.39 is 11.0 Å². The molecule has 0 radical (unpaired) electrons. The van der Waals surface area contributed by atoms with Crippen LogP contribution >= 0.6 is 0 Å². The molecule has 3 nitrogen and oxygen atoms in total. The van der Waals surface area contributed by atoms with Gasteiger partial charge in [0, 0.05) is 12.6 Å². The van der Waals surface area contributed by atoms with E-state index >= 15 is 0 Å². The molecule has 1 N–H and O–H groups in total. The molecule has 1 saturated carbocycles. The molecule has 0 aromatic rings. The van der Waals surface area contributed by atoms with Crippen molar-refractivity contribution >= 4 is 0 Å². The second-order valence-corrected chi connectivity index (χ2v) is 7.28. The minimum Gasteiger partial charge on any atom is -0.387 e. The number of nitrogens with zero attached hydrogens (tertiary/aromatic N) is 2. The molecule has 2 atom stereocenters. The van der Waals surface area contributed by atoms with E-state index in [1.807, 2.05) is 7.05 Å². The van der Waals surface area contributed by atoms with Gasteiger partial charge in [0.2, 0.25) is 0 Å². The maximum atomic E-state index is 11.1. The molecule has 0 spiro atoms. The van der Waals surface area contributed by atoms with E-state index in [0.717, 1.165) is 38.0 Å². The Bertz CT molecular complexity index is 353. The van der Waals surface area contributed by atoms with Gasteiger partial charge in [-0.1, -0.05) is 13.8 Å². The molecule has 1 heterocycles. The molecule has 1 saturated heterocycles. The fourth-order valence-corrected chi connectivity index (χ4v) is 4.11. The first kappa shape index (κ1) is 14.8. The number of β-amino-alcohol motifs (C(OH)–C–C–N with tert-alkyl or cyclic N) is 1. The first-order valence-electron chi connectivity index (χ1n) is 7.67. The monoisotopic (exact) mass is 264 g/mol. The van der Waals surface area contributed by atoms with Crippen molar-refractivity contribution in [1.29, 1.82) is 5.26 Å². The summed E-state index contributed by atoms with van der Waals surface area (Å²) in [7, 11) is 2.05. The van der Waals surface area contributed by atoms with E-state index in [1.165, 1.54) is 0 Å². The van der Waals surface area contributed by atoms with Crippen LogP contribution < -0.4 is 0 Å². The Morgan fingerprint density at radius 3 is 2.26 bits per heavy atom. The molecule has 3 heteroatoms. The van der Waals surface area contributed by atoms with Crippen LogP contribution in [0.1, 0.15) is 52.9 Å². The van der Waals surface area contributed by atoms with Crippen LogP contribution in [0.3, 0.4) is 0 Å².